The van der Waals surface area contributed by atoms with Crippen LogP contribution in [0.15, 0.2) is 67.0 Å². The van der Waals surface area contributed by atoms with Gasteiger partial charge in [0.1, 0.15) is 11.5 Å². The third-order valence-corrected chi connectivity index (χ3v) is 3.41. The van der Waals surface area contributed by atoms with Gasteiger partial charge < -0.3 is 14.8 Å². The zero-order chi connectivity index (χ0) is 17.5. The molecule has 0 saturated carbocycles. The normalized spacial score (nSPS) is 10.1. The van der Waals surface area contributed by atoms with Gasteiger partial charge in [0.25, 0.3) is 0 Å². The molecule has 0 atom stereocenters. The maximum Gasteiger partial charge on any atom is 0.322 e. The number of amides is 1. The van der Waals surface area contributed by atoms with Gasteiger partial charge >= 0.3 is 6.01 Å². The number of nitrogens with zero attached hydrogens (tertiary/aromatic N) is 2. The van der Waals surface area contributed by atoms with E-state index in [-0.39, 0.29) is 18.3 Å². The van der Waals surface area contributed by atoms with Gasteiger partial charge in [-0.15, -0.1) is 0 Å². The number of ether oxygens (including phenoxy) is 2. The summed E-state index contributed by atoms with van der Waals surface area (Å²) in [7, 11) is 1.58. The molecule has 0 spiro atoms. The topological polar surface area (TPSA) is 73.3 Å². The lowest BCUT2D eigenvalue weighted by Gasteiger charge is -2.09. The number of aromatic nitrogens is 2. The summed E-state index contributed by atoms with van der Waals surface area (Å²) in [4.78, 5) is 20.4. The lowest BCUT2D eigenvalue weighted by atomic mass is 10.1. The zero-order valence-corrected chi connectivity index (χ0v) is 13.7. The second-order valence-electron chi connectivity index (χ2n) is 5.21. The number of carbonyl (C=O) groups excluding carboxylic acids is 1. The van der Waals surface area contributed by atoms with Gasteiger partial charge in [-0.2, -0.15) is 0 Å². The number of nitrogens with one attached hydrogen (secondary N) is 1. The average molecular weight is 335 g/mol. The van der Waals surface area contributed by atoms with Crippen molar-refractivity contribution in [3.8, 4) is 17.5 Å². The zero-order valence-electron chi connectivity index (χ0n) is 13.7. The van der Waals surface area contributed by atoms with Gasteiger partial charge in [-0.3, -0.25) is 4.79 Å². The second kappa shape index (κ2) is 7.92. The van der Waals surface area contributed by atoms with Gasteiger partial charge in [0.15, 0.2) is 0 Å². The molecule has 0 saturated heterocycles. The summed E-state index contributed by atoms with van der Waals surface area (Å²) in [5.41, 5.74) is 1.31. The molecule has 0 radical (unpaired) electrons. The van der Waals surface area contributed by atoms with Crippen LogP contribution in [0.4, 0.5) is 5.69 Å². The Morgan fingerprint density at radius 3 is 2.40 bits per heavy atom. The summed E-state index contributed by atoms with van der Waals surface area (Å²) >= 11 is 0. The quantitative estimate of drug-likeness (QED) is 0.747. The lowest BCUT2D eigenvalue weighted by Crippen LogP contribution is -2.15. The largest absolute Gasteiger partial charge is 0.496 e. The molecule has 0 bridgehead atoms. The molecule has 6 heteroatoms. The second-order valence-corrected chi connectivity index (χ2v) is 5.21. The van der Waals surface area contributed by atoms with E-state index < -0.39 is 0 Å². The van der Waals surface area contributed by atoms with Crippen molar-refractivity contribution in [2.75, 3.05) is 12.4 Å². The first-order valence-corrected chi connectivity index (χ1v) is 7.71. The first-order chi connectivity index (χ1) is 12.2. The summed E-state index contributed by atoms with van der Waals surface area (Å²) in [5, 5.41) is 2.76. The Labute approximate surface area is 145 Å². The van der Waals surface area contributed by atoms with Crippen molar-refractivity contribution in [2.24, 2.45) is 0 Å². The van der Waals surface area contributed by atoms with Crippen LogP contribution in [0.2, 0.25) is 0 Å². The van der Waals surface area contributed by atoms with Gasteiger partial charge in [-0.1, -0.05) is 36.4 Å². The van der Waals surface area contributed by atoms with E-state index in [2.05, 4.69) is 15.3 Å². The van der Waals surface area contributed by atoms with E-state index in [1.165, 1.54) is 12.4 Å². The molecule has 0 unspecified atom stereocenters. The minimum Gasteiger partial charge on any atom is -0.496 e. The van der Waals surface area contributed by atoms with Crippen LogP contribution < -0.4 is 14.8 Å². The number of hydrogen-bond donors (Lipinski definition) is 1. The maximum atomic E-state index is 12.2. The number of para-hydroxylation sites is 2. The van der Waals surface area contributed by atoms with Gasteiger partial charge in [0.2, 0.25) is 5.91 Å². The number of hydrogen-bond acceptors (Lipinski definition) is 5. The molecule has 126 valence electrons. The van der Waals surface area contributed by atoms with E-state index in [9.17, 15) is 4.79 Å². The van der Waals surface area contributed by atoms with E-state index in [1.54, 1.807) is 7.11 Å². The van der Waals surface area contributed by atoms with Crippen LogP contribution in [-0.2, 0) is 11.2 Å². The smallest absolute Gasteiger partial charge is 0.322 e. The van der Waals surface area contributed by atoms with E-state index in [1.807, 2.05) is 54.6 Å². The average Bonchev–Trinajstić information content (AvgIpc) is 2.64. The first kappa shape index (κ1) is 16.4. The summed E-state index contributed by atoms with van der Waals surface area (Å²) in [5.74, 6) is 1.15. The number of anilines is 1. The minimum absolute atomic E-state index is 0.176. The van der Waals surface area contributed by atoms with Crippen molar-refractivity contribution in [3.63, 3.8) is 0 Å². The molecular formula is C19H17N3O3. The fourth-order valence-electron chi connectivity index (χ4n) is 2.25. The van der Waals surface area contributed by atoms with Crippen LogP contribution >= 0.6 is 0 Å². The fraction of sp³-hybridized carbons (Fsp3) is 0.105. The van der Waals surface area contributed by atoms with Crippen molar-refractivity contribution in [1.82, 2.24) is 9.97 Å². The van der Waals surface area contributed by atoms with Crippen molar-refractivity contribution >= 4 is 11.6 Å². The lowest BCUT2D eigenvalue weighted by molar-refractivity contribution is -0.115. The molecule has 2 aromatic carbocycles. The van der Waals surface area contributed by atoms with E-state index in [0.29, 0.717) is 17.2 Å². The molecule has 6 nitrogen and oxygen atoms in total. The molecule has 1 amide bonds. The molecule has 0 fully saturated rings. The Morgan fingerprint density at radius 1 is 1.00 bits per heavy atom. The SMILES string of the molecule is COc1ccccc1CC(=O)Nc1cnc(Oc2ccccc2)nc1. The van der Waals surface area contributed by atoms with Crippen LogP contribution in [0.3, 0.4) is 0 Å². The van der Waals surface area contributed by atoms with Gasteiger partial charge in [0, 0.05) is 5.56 Å². The van der Waals surface area contributed by atoms with Crippen LogP contribution in [0, 0.1) is 0 Å². The molecule has 3 aromatic rings. The predicted octanol–water partition coefficient (Wildman–Crippen LogP) is 3.46. The highest BCUT2D eigenvalue weighted by Gasteiger charge is 2.09. The predicted molar refractivity (Wildman–Crippen MR) is 93.9 cm³/mol. The Balaban J connectivity index is 1.60. The van der Waals surface area contributed by atoms with Crippen LogP contribution in [0.1, 0.15) is 5.56 Å². The van der Waals surface area contributed by atoms with Crippen LogP contribution in [-0.4, -0.2) is 23.0 Å². The minimum atomic E-state index is -0.176. The molecule has 0 aliphatic carbocycles. The Bertz CT molecular complexity index is 836. The highest BCUT2D eigenvalue weighted by Crippen LogP contribution is 2.19. The maximum absolute atomic E-state index is 12.2. The van der Waals surface area contributed by atoms with E-state index in [4.69, 9.17) is 9.47 Å². The molecule has 3 rings (SSSR count). The molecule has 1 aromatic heterocycles. The molecule has 1 N–H and O–H groups in total. The standard InChI is InChI=1S/C19H17N3O3/c1-24-17-10-6-5-7-14(17)11-18(23)22-15-12-20-19(21-13-15)25-16-8-3-2-4-9-16/h2-10,12-13H,11H2,1H3,(H,22,23). The monoisotopic (exact) mass is 335 g/mol. The summed E-state index contributed by atoms with van der Waals surface area (Å²) in [6.07, 6.45) is 3.21. The van der Waals surface area contributed by atoms with Crippen molar-refractivity contribution in [1.29, 1.82) is 0 Å². The van der Waals surface area contributed by atoms with Crippen molar-refractivity contribution in [2.45, 2.75) is 6.42 Å². The van der Waals surface area contributed by atoms with Gasteiger partial charge in [0.05, 0.1) is 31.6 Å². The first-order valence-electron chi connectivity index (χ1n) is 7.71. The summed E-state index contributed by atoms with van der Waals surface area (Å²) in [6.45, 7) is 0. The Hall–Kier alpha value is -3.41. The third-order valence-electron chi connectivity index (χ3n) is 3.41. The number of benzene rings is 2. The number of methoxy groups -OCH3 is 1. The molecule has 0 aliphatic rings. The summed E-state index contributed by atoms with van der Waals surface area (Å²) in [6, 6.07) is 16.9. The molecule has 0 aliphatic heterocycles. The fourth-order valence-corrected chi connectivity index (χ4v) is 2.25. The Morgan fingerprint density at radius 2 is 1.68 bits per heavy atom. The van der Waals surface area contributed by atoms with Gasteiger partial charge in [-0.25, -0.2) is 9.97 Å². The van der Waals surface area contributed by atoms with Crippen molar-refractivity contribution < 1.29 is 14.3 Å². The molecule has 1 heterocycles. The Kier molecular flexibility index (Phi) is 5.21. The summed E-state index contributed by atoms with van der Waals surface area (Å²) < 4.78 is 10.8. The van der Waals surface area contributed by atoms with Gasteiger partial charge in [-0.05, 0) is 18.2 Å². The molecule has 25 heavy (non-hydrogen) atoms. The van der Waals surface area contributed by atoms with E-state index >= 15 is 0 Å². The van der Waals surface area contributed by atoms with E-state index in [0.717, 1.165) is 5.56 Å². The highest BCUT2D eigenvalue weighted by atomic mass is 16.5. The number of carbonyl (C=O) groups is 1. The van der Waals surface area contributed by atoms with Crippen LogP contribution in [0.25, 0.3) is 0 Å². The van der Waals surface area contributed by atoms with Crippen LogP contribution in [0.5, 0.6) is 17.5 Å². The number of rotatable bonds is 6. The highest BCUT2D eigenvalue weighted by molar-refractivity contribution is 5.92. The molecular weight excluding hydrogens is 318 g/mol. The third kappa shape index (κ3) is 4.54. The van der Waals surface area contributed by atoms with Crippen molar-refractivity contribution in [3.05, 3.63) is 72.6 Å².